The molecule has 4 unspecified atom stereocenters. The monoisotopic (exact) mass is 672 g/mol. The summed E-state index contributed by atoms with van der Waals surface area (Å²) < 4.78 is 58.7. The number of rotatable bonds is 14. The Hall–Kier alpha value is -3.05. The first-order valence-corrected chi connectivity index (χ1v) is 17.8. The van der Waals surface area contributed by atoms with Gasteiger partial charge >= 0.3 is 0 Å². The van der Waals surface area contributed by atoms with Crippen molar-refractivity contribution in [1.82, 2.24) is 9.44 Å². The van der Waals surface area contributed by atoms with E-state index in [0.717, 1.165) is 22.3 Å². The van der Waals surface area contributed by atoms with Gasteiger partial charge in [0.1, 0.15) is 10.8 Å². The maximum absolute atomic E-state index is 13.9. The zero-order valence-corrected chi connectivity index (χ0v) is 27.4. The van der Waals surface area contributed by atoms with Crippen molar-refractivity contribution in [2.24, 2.45) is 0 Å². The van der Waals surface area contributed by atoms with Gasteiger partial charge in [-0.25, -0.2) is 26.3 Å². The predicted molar refractivity (Wildman–Crippen MR) is 175 cm³/mol. The number of sulfonamides is 2. The van der Waals surface area contributed by atoms with Crippen molar-refractivity contribution < 1.29 is 21.6 Å². The van der Waals surface area contributed by atoms with Gasteiger partial charge in [0.25, 0.3) is 0 Å². The molecule has 4 rings (SSSR count). The molecule has 0 spiro atoms. The van der Waals surface area contributed by atoms with E-state index >= 15 is 0 Å². The van der Waals surface area contributed by atoms with Crippen LogP contribution in [-0.2, 0) is 37.7 Å². The van der Waals surface area contributed by atoms with Gasteiger partial charge in [0, 0.05) is 12.1 Å². The molecule has 0 aliphatic carbocycles. The summed E-state index contributed by atoms with van der Waals surface area (Å²) in [7, 11) is -8.16. The van der Waals surface area contributed by atoms with E-state index in [1.807, 2.05) is 26.0 Å². The highest BCUT2D eigenvalue weighted by Gasteiger charge is 2.38. The van der Waals surface area contributed by atoms with Crippen molar-refractivity contribution in [3.8, 4) is 0 Å². The summed E-state index contributed by atoms with van der Waals surface area (Å²) in [5.74, 6) is -0.714. The van der Waals surface area contributed by atoms with Crippen LogP contribution in [0.4, 0.5) is 0 Å². The molecule has 0 amide bonds. The molecule has 0 saturated carbocycles. The molecule has 0 heterocycles. The summed E-state index contributed by atoms with van der Waals surface area (Å²) >= 11 is 13.6. The number of halogens is 2. The number of aryl methyl sites for hydroxylation is 2. The van der Waals surface area contributed by atoms with Crippen LogP contribution in [0.25, 0.3) is 0 Å². The van der Waals surface area contributed by atoms with E-state index in [4.69, 9.17) is 23.2 Å². The number of benzene rings is 4. The van der Waals surface area contributed by atoms with Crippen molar-refractivity contribution >= 4 is 49.0 Å². The molecular formula is C33H34Cl2N2O5S2. The second-order valence-corrected chi connectivity index (χ2v) is 15.0. The van der Waals surface area contributed by atoms with Gasteiger partial charge in [-0.15, -0.1) is 23.2 Å². The van der Waals surface area contributed by atoms with Gasteiger partial charge in [-0.05, 0) is 62.1 Å². The number of alkyl halides is 2. The molecular weight excluding hydrogens is 639 g/mol. The minimum absolute atomic E-state index is 0.0210. The van der Waals surface area contributed by atoms with Crippen molar-refractivity contribution in [1.29, 1.82) is 0 Å². The van der Waals surface area contributed by atoms with Crippen LogP contribution >= 0.6 is 23.2 Å². The maximum Gasteiger partial charge on any atom is 0.240 e. The average molecular weight is 674 g/mol. The minimum Gasteiger partial charge on any atom is -0.296 e. The molecule has 4 aromatic rings. The van der Waals surface area contributed by atoms with Gasteiger partial charge in [-0.2, -0.15) is 0 Å². The second-order valence-electron chi connectivity index (χ2n) is 10.7. The molecule has 0 aliphatic rings. The topological polar surface area (TPSA) is 109 Å². The summed E-state index contributed by atoms with van der Waals surface area (Å²) in [5, 5.41) is -2.86. The smallest absolute Gasteiger partial charge is 0.240 e. The standard InChI is InChI=1S/C33H34Cl2N2O5S2/c1-23-13-17-27(18-14-23)43(39,40)36-29(21-25-9-5-3-6-10-25)31(34)33(38)32(35)30(22-26-11-7-4-8-12-26)37-44(41,42)28-19-15-24(2)16-20-28/h3-20,29-32,36-37H,21-22H2,1-2H3. The lowest BCUT2D eigenvalue weighted by atomic mass is 9.96. The Labute approximate surface area is 269 Å². The highest BCUT2D eigenvalue weighted by Crippen LogP contribution is 2.23. The molecule has 0 aliphatic heterocycles. The second kappa shape index (κ2) is 14.8. The highest BCUT2D eigenvalue weighted by atomic mass is 35.5. The SMILES string of the molecule is Cc1ccc(S(=O)(=O)NC(Cc2ccccc2)C(Cl)C(=O)C(Cl)C(Cc2ccccc2)NS(=O)(=O)c2ccc(C)cc2)cc1. The number of nitrogens with one attached hydrogen (secondary N) is 2. The van der Waals surface area contributed by atoms with E-state index in [-0.39, 0.29) is 22.6 Å². The Kier molecular flexibility index (Phi) is 11.4. The summed E-state index contributed by atoms with van der Waals surface area (Å²) in [6, 6.07) is 28.4. The fraction of sp³-hybridized carbons (Fsp3) is 0.242. The van der Waals surface area contributed by atoms with Gasteiger partial charge < -0.3 is 0 Å². The molecule has 0 radical (unpaired) electrons. The van der Waals surface area contributed by atoms with Crippen molar-refractivity contribution in [3.05, 3.63) is 131 Å². The molecule has 232 valence electrons. The van der Waals surface area contributed by atoms with E-state index < -0.39 is 48.7 Å². The van der Waals surface area contributed by atoms with Crippen molar-refractivity contribution in [2.75, 3.05) is 0 Å². The van der Waals surface area contributed by atoms with Crippen molar-refractivity contribution in [2.45, 2.75) is 59.3 Å². The summed E-state index contributed by atoms with van der Waals surface area (Å²) in [5.41, 5.74) is 3.26. The summed E-state index contributed by atoms with van der Waals surface area (Å²) in [4.78, 5) is 13.9. The molecule has 7 nitrogen and oxygen atoms in total. The van der Waals surface area contributed by atoms with Crippen molar-refractivity contribution in [3.63, 3.8) is 0 Å². The molecule has 0 saturated heterocycles. The zero-order chi connectivity index (χ0) is 31.9. The number of hydrogen-bond donors (Lipinski definition) is 2. The van der Waals surface area contributed by atoms with Crippen LogP contribution in [0.3, 0.4) is 0 Å². The lowest BCUT2D eigenvalue weighted by Gasteiger charge is -2.28. The van der Waals surface area contributed by atoms with Gasteiger partial charge in [0.2, 0.25) is 20.0 Å². The zero-order valence-electron chi connectivity index (χ0n) is 24.2. The Morgan fingerprint density at radius 2 is 0.886 bits per heavy atom. The third-order valence-corrected chi connectivity index (χ3v) is 11.2. The number of Topliss-reactive ketones (excluding diaryl/α,β-unsaturated/α-hetero) is 1. The third-order valence-electron chi connectivity index (χ3n) is 7.12. The first-order valence-electron chi connectivity index (χ1n) is 13.9. The lowest BCUT2D eigenvalue weighted by Crippen LogP contribution is -2.52. The van der Waals surface area contributed by atoms with E-state index in [9.17, 15) is 21.6 Å². The van der Waals surface area contributed by atoms with Crippen LogP contribution in [0.1, 0.15) is 22.3 Å². The fourth-order valence-corrected chi connectivity index (χ4v) is 7.95. The number of ketones is 1. The molecule has 0 fully saturated rings. The van der Waals surface area contributed by atoms with E-state index in [1.54, 1.807) is 72.8 Å². The normalized spacial score (nSPS) is 14.8. The first-order chi connectivity index (χ1) is 20.9. The van der Waals surface area contributed by atoms with Gasteiger partial charge in [0.05, 0.1) is 9.79 Å². The van der Waals surface area contributed by atoms with E-state index in [2.05, 4.69) is 9.44 Å². The molecule has 2 N–H and O–H groups in total. The van der Waals surface area contributed by atoms with Crippen LogP contribution < -0.4 is 9.44 Å². The molecule has 0 bridgehead atoms. The molecule has 11 heteroatoms. The van der Waals surface area contributed by atoms with E-state index in [1.165, 1.54) is 24.3 Å². The first kappa shape index (κ1) is 33.8. The maximum atomic E-state index is 13.9. The molecule has 4 aromatic carbocycles. The predicted octanol–water partition coefficient (Wildman–Crippen LogP) is 5.57. The van der Waals surface area contributed by atoms with Crippen LogP contribution in [0.5, 0.6) is 0 Å². The highest BCUT2D eigenvalue weighted by molar-refractivity contribution is 7.89. The largest absolute Gasteiger partial charge is 0.296 e. The Morgan fingerprint density at radius 3 is 1.20 bits per heavy atom. The molecule has 0 aromatic heterocycles. The molecule has 4 atom stereocenters. The van der Waals surface area contributed by atoms with Gasteiger partial charge in [0.15, 0.2) is 5.78 Å². The quantitative estimate of drug-likeness (QED) is 0.170. The van der Waals surface area contributed by atoms with Crippen LogP contribution in [0, 0.1) is 13.8 Å². The lowest BCUT2D eigenvalue weighted by molar-refractivity contribution is -0.119. The fourth-order valence-electron chi connectivity index (χ4n) is 4.66. The summed E-state index contributed by atoms with van der Waals surface area (Å²) in [6.07, 6.45) is 0.182. The molecule has 44 heavy (non-hydrogen) atoms. The minimum atomic E-state index is -4.08. The van der Waals surface area contributed by atoms with E-state index in [0.29, 0.717) is 0 Å². The third kappa shape index (κ3) is 9.00. The number of hydrogen-bond acceptors (Lipinski definition) is 5. The number of carbonyl (C=O) groups excluding carboxylic acids is 1. The van der Waals surface area contributed by atoms with Gasteiger partial charge in [-0.1, -0.05) is 96.1 Å². The average Bonchev–Trinajstić information content (AvgIpc) is 3.00. The van der Waals surface area contributed by atoms with Crippen LogP contribution in [-0.4, -0.2) is 45.5 Å². The summed E-state index contributed by atoms with van der Waals surface area (Å²) in [6.45, 7) is 3.68. The van der Waals surface area contributed by atoms with Crippen LogP contribution in [0.2, 0.25) is 0 Å². The Bertz CT molecular complexity index is 1620. The van der Waals surface area contributed by atoms with Gasteiger partial charge in [-0.3, -0.25) is 4.79 Å². The van der Waals surface area contributed by atoms with Crippen LogP contribution in [0.15, 0.2) is 119 Å². The Balaban J connectivity index is 1.64. The number of carbonyl (C=O) groups is 1. The Morgan fingerprint density at radius 1 is 0.568 bits per heavy atom.